The van der Waals surface area contributed by atoms with E-state index in [0.29, 0.717) is 19.6 Å². The van der Waals surface area contributed by atoms with Crippen LogP contribution in [-0.4, -0.2) is 86.6 Å². The summed E-state index contributed by atoms with van der Waals surface area (Å²) in [4.78, 5) is 27.9. The van der Waals surface area contributed by atoms with Crippen LogP contribution in [0.1, 0.15) is 67.7 Å². The van der Waals surface area contributed by atoms with Crippen LogP contribution in [0.15, 0.2) is 76.2 Å². The first-order valence-corrected chi connectivity index (χ1v) is 17.4. The molecule has 2 heterocycles. The Bertz CT molecular complexity index is 1410. The van der Waals surface area contributed by atoms with Gasteiger partial charge in [0.05, 0.1) is 19.4 Å². The average Bonchev–Trinajstić information content (AvgIpc) is 3.52. The number of hydrogen-bond donors (Lipinski definition) is 2. The summed E-state index contributed by atoms with van der Waals surface area (Å²) >= 11 is 0. The van der Waals surface area contributed by atoms with Crippen molar-refractivity contribution in [2.45, 2.75) is 71.6 Å². The molecule has 1 saturated heterocycles. The second-order valence-electron chi connectivity index (χ2n) is 12.4. The Morgan fingerprint density at radius 2 is 1.71 bits per heavy atom. The first-order valence-electron chi connectivity index (χ1n) is 17.4. The lowest BCUT2D eigenvalue weighted by molar-refractivity contribution is 0.0700. The van der Waals surface area contributed by atoms with Gasteiger partial charge in [-0.2, -0.15) is 0 Å². The van der Waals surface area contributed by atoms with E-state index in [1.165, 1.54) is 17.5 Å². The normalized spacial score (nSPS) is 16.8. The van der Waals surface area contributed by atoms with Crippen LogP contribution in [-0.2, 0) is 30.9 Å². The number of amides is 1. The number of benzene rings is 2. The van der Waals surface area contributed by atoms with Gasteiger partial charge in [0.2, 0.25) is 0 Å². The quantitative estimate of drug-likeness (QED) is 0.153. The van der Waals surface area contributed by atoms with Crippen LogP contribution in [0.3, 0.4) is 0 Å². The van der Waals surface area contributed by atoms with Crippen LogP contribution in [0.2, 0.25) is 0 Å². The van der Waals surface area contributed by atoms with Crippen molar-refractivity contribution in [1.29, 1.82) is 0 Å². The summed E-state index contributed by atoms with van der Waals surface area (Å²) in [6, 6.07) is 14.8. The minimum Gasteiger partial charge on any atom is -0.496 e. The Morgan fingerprint density at radius 1 is 0.958 bits per heavy atom. The van der Waals surface area contributed by atoms with Gasteiger partial charge in [-0.05, 0) is 67.8 Å². The minimum absolute atomic E-state index is 0.252. The van der Waals surface area contributed by atoms with Crippen molar-refractivity contribution in [1.82, 2.24) is 20.0 Å². The molecule has 2 aromatic carbocycles. The Balaban J connectivity index is 1.27. The summed E-state index contributed by atoms with van der Waals surface area (Å²) < 4.78 is 11.5. The van der Waals surface area contributed by atoms with Gasteiger partial charge >= 0.3 is 6.09 Å². The molecule has 0 radical (unpaired) electrons. The molecule has 10 nitrogen and oxygen atoms in total. The van der Waals surface area contributed by atoms with Crippen molar-refractivity contribution in [3.05, 3.63) is 88.5 Å². The Labute approximate surface area is 287 Å². The first kappa shape index (κ1) is 36.7. The molecule has 1 fully saturated rings. The van der Waals surface area contributed by atoms with Crippen molar-refractivity contribution < 1.29 is 14.3 Å². The molecule has 0 bridgehead atoms. The highest BCUT2D eigenvalue weighted by atomic mass is 16.6. The Hall–Kier alpha value is -4.15. The number of methoxy groups -OCH3 is 1. The van der Waals surface area contributed by atoms with E-state index in [1.807, 2.05) is 12.3 Å². The molecule has 2 aliphatic heterocycles. The Morgan fingerprint density at radius 3 is 2.40 bits per heavy atom. The monoisotopic (exact) mass is 657 g/mol. The van der Waals surface area contributed by atoms with Crippen molar-refractivity contribution in [2.75, 3.05) is 53.4 Å². The maximum Gasteiger partial charge on any atom is 0.410 e. The number of rotatable bonds is 18. The molecule has 10 heteroatoms. The van der Waals surface area contributed by atoms with Gasteiger partial charge in [0.25, 0.3) is 0 Å². The highest BCUT2D eigenvalue weighted by Crippen LogP contribution is 2.28. The predicted molar refractivity (Wildman–Crippen MR) is 195 cm³/mol. The molecule has 0 aromatic heterocycles. The van der Waals surface area contributed by atoms with E-state index in [2.05, 4.69) is 81.2 Å². The van der Waals surface area contributed by atoms with E-state index in [4.69, 9.17) is 15.2 Å². The SMILES string of the molecule is C=N/C(NCCCCC)=C1\C(=N/C)C=CN1Cc1ccc(CN2CCN(C(=O)OCc3ccc(CCCCCN)cc3)CC2)cc1OC. The molecule has 3 N–H and O–H groups in total. The molecule has 1 amide bonds. The average molecular weight is 658 g/mol. The molecule has 260 valence electrons. The van der Waals surface area contributed by atoms with Crippen molar-refractivity contribution in [2.24, 2.45) is 15.7 Å². The lowest BCUT2D eigenvalue weighted by Gasteiger charge is -2.34. The second-order valence-corrected chi connectivity index (χ2v) is 12.4. The number of hydrogen-bond acceptors (Lipinski definition) is 9. The fourth-order valence-corrected chi connectivity index (χ4v) is 6.06. The number of aryl methyl sites for hydroxylation is 1. The highest BCUT2D eigenvalue weighted by molar-refractivity contribution is 6.10. The molecule has 4 rings (SSSR count). The number of unbranched alkanes of at least 4 members (excludes halogenated alkanes) is 4. The molecule has 0 unspecified atom stereocenters. The number of nitrogens with two attached hydrogens (primary N) is 1. The van der Waals surface area contributed by atoms with Crippen molar-refractivity contribution in [3.63, 3.8) is 0 Å². The number of nitrogens with one attached hydrogen (secondary N) is 1. The summed E-state index contributed by atoms with van der Waals surface area (Å²) in [5.74, 6) is 1.59. The van der Waals surface area contributed by atoms with Crippen molar-refractivity contribution >= 4 is 18.5 Å². The van der Waals surface area contributed by atoms with Gasteiger partial charge in [0, 0.05) is 58.1 Å². The number of allylic oxidation sites excluding steroid dienone is 1. The summed E-state index contributed by atoms with van der Waals surface area (Å²) in [7, 11) is 3.51. The molecule has 48 heavy (non-hydrogen) atoms. The van der Waals surface area contributed by atoms with Gasteiger partial charge < -0.3 is 30.3 Å². The zero-order valence-corrected chi connectivity index (χ0v) is 29.3. The lowest BCUT2D eigenvalue weighted by atomic mass is 10.1. The minimum atomic E-state index is -0.252. The molecule has 0 aliphatic carbocycles. The Kier molecular flexibility index (Phi) is 15.0. The zero-order valence-electron chi connectivity index (χ0n) is 29.3. The number of carbonyl (C=O) groups is 1. The van der Waals surface area contributed by atoms with Gasteiger partial charge in [-0.25, -0.2) is 9.79 Å². The third kappa shape index (κ3) is 10.7. The van der Waals surface area contributed by atoms with Crippen LogP contribution in [0.5, 0.6) is 5.75 Å². The van der Waals surface area contributed by atoms with Crippen LogP contribution in [0.25, 0.3) is 0 Å². The molecular weight excluding hydrogens is 602 g/mol. The maximum atomic E-state index is 12.8. The number of piperazine rings is 1. The van der Waals surface area contributed by atoms with E-state index in [9.17, 15) is 4.79 Å². The maximum absolute atomic E-state index is 12.8. The van der Waals surface area contributed by atoms with E-state index in [0.717, 1.165) is 105 Å². The second kappa shape index (κ2) is 19.6. The topological polar surface area (TPSA) is 108 Å². The summed E-state index contributed by atoms with van der Waals surface area (Å²) in [6.07, 6.45) is 11.6. The molecule has 0 atom stereocenters. The standard InChI is InChI=1S/C38H55N7O3/c1-5-6-10-20-42-37(41-3)36-34(40-2)18-21-45(36)28-33-17-16-32(26-35(33)47-4)27-43-22-24-44(25-23-43)38(46)48-29-31-14-12-30(13-15-31)11-8-7-9-19-39/h12-18,21,26,42H,3,5-11,19-20,22-25,27-29,39H2,1-2,4H3/b37-36-,40-34-. The summed E-state index contributed by atoms with van der Waals surface area (Å²) in [5, 5.41) is 3.46. The molecule has 2 aliphatic rings. The van der Waals surface area contributed by atoms with E-state index in [-0.39, 0.29) is 12.7 Å². The predicted octanol–water partition coefficient (Wildman–Crippen LogP) is 5.87. The smallest absolute Gasteiger partial charge is 0.410 e. The molecule has 0 spiro atoms. The van der Waals surface area contributed by atoms with E-state index >= 15 is 0 Å². The fourth-order valence-electron chi connectivity index (χ4n) is 6.06. The van der Waals surface area contributed by atoms with Crippen LogP contribution >= 0.6 is 0 Å². The van der Waals surface area contributed by atoms with Crippen LogP contribution in [0.4, 0.5) is 4.79 Å². The lowest BCUT2D eigenvalue weighted by Crippen LogP contribution is -2.48. The van der Waals surface area contributed by atoms with Gasteiger partial charge in [0.1, 0.15) is 18.1 Å². The summed E-state index contributed by atoms with van der Waals surface area (Å²) in [5.41, 5.74) is 11.9. The summed E-state index contributed by atoms with van der Waals surface area (Å²) in [6.45, 7) is 12.2. The van der Waals surface area contributed by atoms with Crippen LogP contribution < -0.4 is 15.8 Å². The van der Waals surface area contributed by atoms with Gasteiger partial charge in [-0.3, -0.25) is 9.89 Å². The van der Waals surface area contributed by atoms with Crippen LogP contribution in [0, 0.1) is 0 Å². The van der Waals surface area contributed by atoms with Gasteiger partial charge in [-0.1, -0.05) is 62.6 Å². The number of carbonyl (C=O) groups excluding carboxylic acids is 1. The fraction of sp³-hybridized carbons (Fsp3) is 0.500. The third-order valence-corrected chi connectivity index (χ3v) is 8.92. The molecule has 0 saturated carbocycles. The zero-order chi connectivity index (χ0) is 34.1. The van der Waals surface area contributed by atoms with E-state index < -0.39 is 0 Å². The first-order chi connectivity index (χ1) is 23.5. The molecular formula is C38H55N7O3. The number of aliphatic imine (C=N–C) groups is 2. The van der Waals surface area contributed by atoms with Gasteiger partial charge in [-0.15, -0.1) is 0 Å². The molecule has 2 aromatic rings. The number of nitrogens with zero attached hydrogens (tertiary/aromatic N) is 5. The highest BCUT2D eigenvalue weighted by Gasteiger charge is 2.25. The van der Waals surface area contributed by atoms with Crippen molar-refractivity contribution in [3.8, 4) is 5.75 Å². The third-order valence-electron chi connectivity index (χ3n) is 8.92. The number of ether oxygens (including phenoxy) is 2. The largest absolute Gasteiger partial charge is 0.496 e. The van der Waals surface area contributed by atoms with E-state index in [1.54, 1.807) is 19.1 Å². The van der Waals surface area contributed by atoms with Gasteiger partial charge in [0.15, 0.2) is 5.82 Å².